The number of hydrogen-bond acceptors (Lipinski definition) is 6. The molecular formula is C13H20N4O3S. The lowest BCUT2D eigenvalue weighted by atomic mass is 10.3. The van der Waals surface area contributed by atoms with Crippen LogP contribution in [0, 0.1) is 0 Å². The number of nitrogens with zero attached hydrogens (tertiary/aromatic N) is 4. The zero-order valence-corrected chi connectivity index (χ0v) is 13.1. The highest BCUT2D eigenvalue weighted by Gasteiger charge is 2.26. The van der Waals surface area contributed by atoms with Gasteiger partial charge >= 0.3 is 5.97 Å². The van der Waals surface area contributed by atoms with Crippen LogP contribution in [-0.4, -0.2) is 57.5 Å². The summed E-state index contributed by atoms with van der Waals surface area (Å²) in [7, 11) is 1.35. The molecule has 0 bridgehead atoms. The maximum absolute atomic E-state index is 12.2. The van der Waals surface area contributed by atoms with Crippen LogP contribution in [0.25, 0.3) is 0 Å². The minimum atomic E-state index is -0.303. The molecule has 1 aliphatic carbocycles. The summed E-state index contributed by atoms with van der Waals surface area (Å²) in [5.41, 5.74) is 0. The molecule has 21 heavy (non-hydrogen) atoms. The fourth-order valence-corrected chi connectivity index (χ4v) is 2.83. The van der Waals surface area contributed by atoms with Crippen LogP contribution in [0.2, 0.25) is 0 Å². The zero-order valence-electron chi connectivity index (χ0n) is 12.3. The van der Waals surface area contributed by atoms with Crippen molar-refractivity contribution in [2.75, 3.05) is 26.0 Å². The van der Waals surface area contributed by atoms with E-state index >= 15 is 0 Å². The fraction of sp³-hybridized carbons (Fsp3) is 0.692. The van der Waals surface area contributed by atoms with Crippen molar-refractivity contribution in [2.45, 2.75) is 37.4 Å². The quantitative estimate of drug-likeness (QED) is 0.529. The van der Waals surface area contributed by atoms with Crippen LogP contribution in [-0.2, 0) is 14.3 Å². The first-order valence-corrected chi connectivity index (χ1v) is 8.01. The Morgan fingerprint density at radius 3 is 2.90 bits per heavy atom. The summed E-state index contributed by atoms with van der Waals surface area (Å²) in [5, 5.41) is 8.74. The lowest BCUT2D eigenvalue weighted by Gasteiger charge is -2.19. The van der Waals surface area contributed by atoms with E-state index in [1.165, 1.54) is 18.9 Å². The number of thioether (sulfide) groups is 1. The van der Waals surface area contributed by atoms with Gasteiger partial charge in [0.15, 0.2) is 5.16 Å². The highest BCUT2D eigenvalue weighted by Crippen LogP contribution is 2.37. The Balaban J connectivity index is 1.81. The highest BCUT2D eigenvalue weighted by molar-refractivity contribution is 7.99. The van der Waals surface area contributed by atoms with Gasteiger partial charge < -0.3 is 14.2 Å². The third-order valence-electron chi connectivity index (χ3n) is 3.35. The van der Waals surface area contributed by atoms with E-state index in [1.54, 1.807) is 11.2 Å². The molecule has 0 unspecified atom stereocenters. The van der Waals surface area contributed by atoms with Gasteiger partial charge in [0, 0.05) is 19.1 Å². The molecule has 0 saturated heterocycles. The van der Waals surface area contributed by atoms with Crippen molar-refractivity contribution in [3.63, 3.8) is 0 Å². The van der Waals surface area contributed by atoms with Crippen LogP contribution in [0.15, 0.2) is 11.5 Å². The predicted octanol–water partition coefficient (Wildman–Crippen LogP) is 1.12. The normalized spacial score (nSPS) is 14.0. The summed E-state index contributed by atoms with van der Waals surface area (Å²) in [5.74, 6) is -0.000383. The number of hydrogen-bond donors (Lipinski definition) is 0. The smallest absolute Gasteiger partial charge is 0.307 e. The summed E-state index contributed by atoms with van der Waals surface area (Å²) in [6.07, 6.45) is 4.25. The summed E-state index contributed by atoms with van der Waals surface area (Å²) < 4.78 is 6.62. The third kappa shape index (κ3) is 4.45. The first-order valence-electron chi connectivity index (χ1n) is 7.02. The molecule has 1 aliphatic rings. The molecular weight excluding hydrogens is 292 g/mol. The Morgan fingerprint density at radius 2 is 2.29 bits per heavy atom. The second-order valence-corrected chi connectivity index (χ2v) is 5.78. The molecule has 7 nitrogen and oxygen atoms in total. The van der Waals surface area contributed by atoms with Gasteiger partial charge in [-0.25, -0.2) is 0 Å². The van der Waals surface area contributed by atoms with Crippen LogP contribution in [0.1, 0.15) is 32.2 Å². The average Bonchev–Trinajstić information content (AvgIpc) is 3.23. The van der Waals surface area contributed by atoms with Crippen LogP contribution >= 0.6 is 11.8 Å². The molecule has 0 aromatic carbocycles. The summed E-state index contributed by atoms with van der Waals surface area (Å²) in [6.45, 7) is 2.86. The number of rotatable bonds is 8. The van der Waals surface area contributed by atoms with Gasteiger partial charge in [-0.3, -0.25) is 9.59 Å². The molecule has 0 spiro atoms. The standard InChI is InChI=1S/C13H20N4O3S/c1-3-16(7-6-12(19)20-2)11(18)8-21-13-15-14-9-17(13)10-4-5-10/h9-10H,3-8H2,1-2H3. The van der Waals surface area contributed by atoms with Crippen LogP contribution in [0.4, 0.5) is 0 Å². The average molecular weight is 312 g/mol. The molecule has 116 valence electrons. The second kappa shape index (κ2) is 7.44. The van der Waals surface area contributed by atoms with E-state index in [1.807, 2.05) is 11.5 Å². The van der Waals surface area contributed by atoms with E-state index in [2.05, 4.69) is 14.9 Å². The van der Waals surface area contributed by atoms with Crippen molar-refractivity contribution in [2.24, 2.45) is 0 Å². The molecule has 1 aromatic heterocycles. The van der Waals surface area contributed by atoms with Gasteiger partial charge in [0.2, 0.25) is 5.91 Å². The van der Waals surface area contributed by atoms with E-state index in [0.29, 0.717) is 24.9 Å². The highest BCUT2D eigenvalue weighted by atomic mass is 32.2. The Bertz CT molecular complexity index is 501. The van der Waals surface area contributed by atoms with E-state index in [9.17, 15) is 9.59 Å². The molecule has 0 atom stereocenters. The molecule has 1 fully saturated rings. The predicted molar refractivity (Wildman–Crippen MR) is 77.9 cm³/mol. The van der Waals surface area contributed by atoms with Gasteiger partial charge in [0.05, 0.1) is 19.3 Å². The molecule has 1 saturated carbocycles. The first kappa shape index (κ1) is 15.8. The van der Waals surface area contributed by atoms with E-state index < -0.39 is 0 Å². The third-order valence-corrected chi connectivity index (χ3v) is 4.30. The monoisotopic (exact) mass is 312 g/mol. The lowest BCUT2D eigenvalue weighted by Crippen LogP contribution is -2.34. The van der Waals surface area contributed by atoms with Crippen molar-refractivity contribution in [1.29, 1.82) is 0 Å². The summed E-state index contributed by atoms with van der Waals surface area (Å²) >= 11 is 1.40. The largest absolute Gasteiger partial charge is 0.469 e. The Morgan fingerprint density at radius 1 is 1.52 bits per heavy atom. The molecule has 0 N–H and O–H groups in total. The lowest BCUT2D eigenvalue weighted by molar-refractivity contribution is -0.141. The molecule has 1 aromatic rings. The number of carbonyl (C=O) groups excluding carboxylic acids is 2. The van der Waals surface area contributed by atoms with Gasteiger partial charge in [-0.05, 0) is 19.8 Å². The minimum Gasteiger partial charge on any atom is -0.469 e. The second-order valence-electron chi connectivity index (χ2n) is 4.84. The van der Waals surface area contributed by atoms with Gasteiger partial charge in [-0.2, -0.15) is 0 Å². The molecule has 0 radical (unpaired) electrons. The maximum atomic E-state index is 12.2. The number of carbonyl (C=O) groups is 2. The van der Waals surface area contributed by atoms with Crippen molar-refractivity contribution >= 4 is 23.6 Å². The zero-order chi connectivity index (χ0) is 15.2. The van der Waals surface area contributed by atoms with Crippen molar-refractivity contribution in [1.82, 2.24) is 19.7 Å². The molecule has 8 heteroatoms. The molecule has 1 heterocycles. The van der Waals surface area contributed by atoms with Gasteiger partial charge in [0.1, 0.15) is 6.33 Å². The van der Waals surface area contributed by atoms with Crippen LogP contribution in [0.5, 0.6) is 0 Å². The molecule has 1 amide bonds. The summed E-state index contributed by atoms with van der Waals surface area (Å²) in [4.78, 5) is 25.0. The van der Waals surface area contributed by atoms with Crippen LogP contribution < -0.4 is 0 Å². The van der Waals surface area contributed by atoms with Crippen LogP contribution in [0.3, 0.4) is 0 Å². The van der Waals surface area contributed by atoms with Gasteiger partial charge in [0.25, 0.3) is 0 Å². The summed E-state index contributed by atoms with van der Waals surface area (Å²) in [6, 6.07) is 0.499. The molecule has 2 rings (SSSR count). The van der Waals surface area contributed by atoms with Crippen molar-refractivity contribution in [3.8, 4) is 0 Å². The fourth-order valence-electron chi connectivity index (χ4n) is 1.94. The Labute approximate surface area is 128 Å². The number of methoxy groups -OCH3 is 1. The number of esters is 1. The number of aromatic nitrogens is 3. The van der Waals surface area contributed by atoms with E-state index in [4.69, 9.17) is 0 Å². The maximum Gasteiger partial charge on any atom is 0.307 e. The first-order chi connectivity index (χ1) is 10.2. The Kier molecular flexibility index (Phi) is 5.60. The van der Waals surface area contributed by atoms with E-state index in [-0.39, 0.29) is 18.3 Å². The molecule has 0 aliphatic heterocycles. The number of ether oxygens (including phenoxy) is 1. The minimum absolute atomic E-state index is 0.00301. The van der Waals surface area contributed by atoms with Gasteiger partial charge in [-0.1, -0.05) is 11.8 Å². The van der Waals surface area contributed by atoms with Crippen molar-refractivity contribution < 1.29 is 14.3 Å². The SMILES string of the molecule is CCN(CCC(=O)OC)C(=O)CSc1nncn1C1CC1. The van der Waals surface area contributed by atoms with E-state index in [0.717, 1.165) is 18.0 Å². The topological polar surface area (TPSA) is 77.3 Å². The van der Waals surface area contributed by atoms with Gasteiger partial charge in [-0.15, -0.1) is 10.2 Å². The van der Waals surface area contributed by atoms with Crippen molar-refractivity contribution in [3.05, 3.63) is 6.33 Å². The Hall–Kier alpha value is -1.57. The number of amides is 1.